The van der Waals surface area contributed by atoms with Gasteiger partial charge in [-0.3, -0.25) is 0 Å². The minimum absolute atomic E-state index is 0.345. The van der Waals surface area contributed by atoms with E-state index in [1.54, 1.807) is 6.21 Å². The Morgan fingerprint density at radius 2 is 1.83 bits per heavy atom. The van der Waals surface area contributed by atoms with Crippen LogP contribution >= 0.6 is 0 Å². The van der Waals surface area contributed by atoms with Gasteiger partial charge in [-0.2, -0.15) is 0 Å². The molecule has 0 bridgehead atoms. The number of hydrogen-bond acceptors (Lipinski definition) is 2. The molecule has 1 N–H and O–H groups in total. The fourth-order valence-electron chi connectivity index (χ4n) is 1.09. The van der Waals surface area contributed by atoms with Crippen LogP contribution < -0.4 is 0 Å². The van der Waals surface area contributed by atoms with Crippen molar-refractivity contribution >= 4 is 6.21 Å². The van der Waals surface area contributed by atoms with Gasteiger partial charge in [0.25, 0.3) is 0 Å². The van der Waals surface area contributed by atoms with Crippen molar-refractivity contribution in [2.45, 2.75) is 41.0 Å². The fourth-order valence-corrected chi connectivity index (χ4v) is 1.09. The molecular weight excluding hydrogens is 150 g/mol. The van der Waals surface area contributed by atoms with Crippen molar-refractivity contribution in [2.75, 3.05) is 0 Å². The van der Waals surface area contributed by atoms with E-state index in [2.05, 4.69) is 39.8 Å². The SMILES string of the molecule is CC(/C=N/O)CC(C)C(C)(C)C. The van der Waals surface area contributed by atoms with Gasteiger partial charge in [0.1, 0.15) is 0 Å². The van der Waals surface area contributed by atoms with Crippen LogP contribution in [0.1, 0.15) is 41.0 Å². The summed E-state index contributed by atoms with van der Waals surface area (Å²) < 4.78 is 0. The van der Waals surface area contributed by atoms with E-state index in [4.69, 9.17) is 5.21 Å². The Balaban J connectivity index is 3.92. The van der Waals surface area contributed by atoms with Crippen LogP contribution in [0.2, 0.25) is 0 Å². The van der Waals surface area contributed by atoms with Crippen molar-refractivity contribution in [3.63, 3.8) is 0 Å². The highest BCUT2D eigenvalue weighted by molar-refractivity contribution is 5.59. The highest BCUT2D eigenvalue weighted by Crippen LogP contribution is 2.30. The molecule has 0 aromatic rings. The Labute approximate surface area is 75.7 Å². The van der Waals surface area contributed by atoms with E-state index < -0.39 is 0 Å². The van der Waals surface area contributed by atoms with E-state index >= 15 is 0 Å². The van der Waals surface area contributed by atoms with Crippen LogP contribution in [-0.4, -0.2) is 11.4 Å². The van der Waals surface area contributed by atoms with E-state index in [9.17, 15) is 0 Å². The van der Waals surface area contributed by atoms with Crippen LogP contribution in [0.5, 0.6) is 0 Å². The number of oxime groups is 1. The molecule has 0 aromatic heterocycles. The lowest BCUT2D eigenvalue weighted by molar-refractivity contribution is 0.233. The van der Waals surface area contributed by atoms with Crippen LogP contribution in [-0.2, 0) is 0 Å². The first kappa shape index (κ1) is 11.5. The summed E-state index contributed by atoms with van der Waals surface area (Å²) in [4.78, 5) is 0. The van der Waals surface area contributed by atoms with E-state index in [0.29, 0.717) is 17.3 Å². The zero-order valence-electron chi connectivity index (χ0n) is 8.83. The highest BCUT2D eigenvalue weighted by atomic mass is 16.4. The molecule has 0 radical (unpaired) electrons. The van der Waals surface area contributed by atoms with Crippen LogP contribution in [0.15, 0.2) is 5.16 Å². The average molecular weight is 171 g/mol. The van der Waals surface area contributed by atoms with Crippen molar-refractivity contribution in [3.8, 4) is 0 Å². The van der Waals surface area contributed by atoms with Crippen LogP contribution in [0.3, 0.4) is 0 Å². The van der Waals surface area contributed by atoms with Gasteiger partial charge in [0.15, 0.2) is 0 Å². The molecule has 2 unspecified atom stereocenters. The number of nitrogens with zero attached hydrogens (tertiary/aromatic N) is 1. The smallest absolute Gasteiger partial charge is 0.0464 e. The molecule has 72 valence electrons. The second-order valence-corrected chi connectivity index (χ2v) is 4.74. The minimum atomic E-state index is 0.345. The molecule has 2 heteroatoms. The molecule has 0 aliphatic rings. The molecule has 12 heavy (non-hydrogen) atoms. The lowest BCUT2D eigenvalue weighted by Crippen LogP contribution is -2.20. The molecule has 0 amide bonds. The van der Waals surface area contributed by atoms with Gasteiger partial charge in [-0.1, -0.05) is 34.6 Å². The summed E-state index contributed by atoms with van der Waals surface area (Å²) in [7, 11) is 0. The Bertz CT molecular complexity index is 146. The second-order valence-electron chi connectivity index (χ2n) is 4.74. The molecule has 0 saturated carbocycles. The quantitative estimate of drug-likeness (QED) is 0.395. The molecule has 0 rings (SSSR count). The third-order valence-corrected chi connectivity index (χ3v) is 2.52. The van der Waals surface area contributed by atoms with Crippen molar-refractivity contribution in [1.82, 2.24) is 0 Å². The first-order chi connectivity index (χ1) is 5.38. The van der Waals surface area contributed by atoms with E-state index in [1.807, 2.05) is 0 Å². The van der Waals surface area contributed by atoms with Crippen molar-refractivity contribution in [2.24, 2.45) is 22.4 Å². The van der Waals surface area contributed by atoms with Gasteiger partial charge in [0.2, 0.25) is 0 Å². The monoisotopic (exact) mass is 171 g/mol. The zero-order valence-corrected chi connectivity index (χ0v) is 8.83. The highest BCUT2D eigenvalue weighted by Gasteiger charge is 2.21. The molecule has 0 saturated heterocycles. The molecule has 0 aliphatic heterocycles. The fraction of sp³-hybridized carbons (Fsp3) is 0.900. The van der Waals surface area contributed by atoms with Crippen LogP contribution in [0, 0.1) is 17.3 Å². The van der Waals surface area contributed by atoms with Crippen molar-refractivity contribution < 1.29 is 5.21 Å². The Kier molecular flexibility index (Phi) is 4.29. The third kappa shape index (κ3) is 4.37. The first-order valence-corrected chi connectivity index (χ1v) is 4.55. The van der Waals surface area contributed by atoms with Gasteiger partial charge in [0, 0.05) is 6.21 Å². The summed E-state index contributed by atoms with van der Waals surface area (Å²) >= 11 is 0. The Hall–Kier alpha value is -0.530. The maximum atomic E-state index is 8.32. The molecule has 2 atom stereocenters. The molecule has 0 aliphatic carbocycles. The molecule has 0 fully saturated rings. The normalized spacial score (nSPS) is 18.1. The molecular formula is C10H21NO. The largest absolute Gasteiger partial charge is 0.411 e. The summed E-state index contributed by atoms with van der Waals surface area (Å²) in [5.74, 6) is 1.01. The Morgan fingerprint density at radius 3 is 2.17 bits per heavy atom. The van der Waals surface area contributed by atoms with Gasteiger partial charge in [-0.25, -0.2) is 0 Å². The van der Waals surface area contributed by atoms with Crippen molar-refractivity contribution in [1.29, 1.82) is 0 Å². The topological polar surface area (TPSA) is 32.6 Å². The molecule has 0 heterocycles. The maximum absolute atomic E-state index is 8.32. The van der Waals surface area contributed by atoms with E-state index in [-0.39, 0.29) is 0 Å². The van der Waals surface area contributed by atoms with Gasteiger partial charge >= 0.3 is 0 Å². The number of rotatable bonds is 3. The van der Waals surface area contributed by atoms with E-state index in [1.165, 1.54) is 0 Å². The van der Waals surface area contributed by atoms with Crippen LogP contribution in [0.4, 0.5) is 0 Å². The number of hydrogen-bond donors (Lipinski definition) is 1. The van der Waals surface area contributed by atoms with E-state index in [0.717, 1.165) is 6.42 Å². The third-order valence-electron chi connectivity index (χ3n) is 2.52. The van der Waals surface area contributed by atoms with Crippen molar-refractivity contribution in [3.05, 3.63) is 0 Å². The predicted octanol–water partition coefficient (Wildman–Crippen LogP) is 3.15. The summed E-state index contributed by atoms with van der Waals surface area (Å²) in [6.45, 7) is 11.0. The summed E-state index contributed by atoms with van der Waals surface area (Å²) in [5.41, 5.74) is 0.345. The summed E-state index contributed by atoms with van der Waals surface area (Å²) in [6.07, 6.45) is 2.68. The zero-order chi connectivity index (χ0) is 9.78. The minimum Gasteiger partial charge on any atom is -0.411 e. The maximum Gasteiger partial charge on any atom is 0.0464 e. The average Bonchev–Trinajstić information content (AvgIpc) is 1.85. The molecule has 2 nitrogen and oxygen atoms in total. The second kappa shape index (κ2) is 4.48. The summed E-state index contributed by atoms with van der Waals surface area (Å²) in [5, 5.41) is 11.4. The standard InChI is InChI=1S/C10H21NO/c1-8(7-11-12)6-9(2)10(3,4)5/h7-9,12H,6H2,1-5H3/b11-7+. The Morgan fingerprint density at radius 1 is 1.33 bits per heavy atom. The first-order valence-electron chi connectivity index (χ1n) is 4.55. The predicted molar refractivity (Wildman–Crippen MR) is 52.7 cm³/mol. The lowest BCUT2D eigenvalue weighted by Gasteiger charge is -2.28. The summed E-state index contributed by atoms with van der Waals surface area (Å²) in [6, 6.07) is 0. The van der Waals surface area contributed by atoms with Gasteiger partial charge < -0.3 is 5.21 Å². The van der Waals surface area contributed by atoms with Gasteiger partial charge in [-0.05, 0) is 23.7 Å². The van der Waals surface area contributed by atoms with Gasteiger partial charge in [0.05, 0.1) is 0 Å². The molecule has 0 aromatic carbocycles. The van der Waals surface area contributed by atoms with Crippen LogP contribution in [0.25, 0.3) is 0 Å². The molecule has 0 spiro atoms. The lowest BCUT2D eigenvalue weighted by atomic mass is 9.77. The van der Waals surface area contributed by atoms with Gasteiger partial charge in [-0.15, -0.1) is 5.16 Å².